The molecule has 0 amide bonds. The van der Waals surface area contributed by atoms with E-state index in [0.717, 1.165) is 39.5 Å². The largest absolute Gasteiger partial charge is 0.378 e. The summed E-state index contributed by atoms with van der Waals surface area (Å²) in [5, 5.41) is 3.50. The third-order valence-electron chi connectivity index (χ3n) is 4.76. The number of nitrogens with one attached hydrogen (secondary N) is 1. The highest BCUT2D eigenvalue weighted by atomic mass is 19.1. The minimum atomic E-state index is -0.253. The number of anilines is 2. The lowest BCUT2D eigenvalue weighted by Gasteiger charge is -2.13. The summed E-state index contributed by atoms with van der Waals surface area (Å²) in [6.07, 6.45) is 1.97. The fourth-order valence-electron chi connectivity index (χ4n) is 3.34. The highest BCUT2D eigenvalue weighted by Crippen LogP contribution is 2.30. The molecule has 4 aromatic rings. The number of nitrogens with zero attached hydrogens (tertiary/aromatic N) is 3. The first-order chi connectivity index (χ1) is 13.5. The normalized spacial score (nSPS) is 11.0. The predicted molar refractivity (Wildman–Crippen MR) is 113 cm³/mol. The molecule has 2 aromatic carbocycles. The molecule has 0 atom stereocenters. The fraction of sp³-hybridized carbons (Fsp3) is 0.174. The van der Waals surface area contributed by atoms with Crippen molar-refractivity contribution in [2.75, 3.05) is 24.3 Å². The zero-order valence-corrected chi connectivity index (χ0v) is 16.3. The van der Waals surface area contributed by atoms with Gasteiger partial charge in [-0.3, -0.25) is 4.40 Å². The molecule has 4 nitrogen and oxygen atoms in total. The van der Waals surface area contributed by atoms with Crippen LogP contribution in [0.2, 0.25) is 0 Å². The minimum absolute atomic E-state index is 0.253. The molecule has 2 aromatic heterocycles. The predicted octanol–water partition coefficient (Wildman–Crippen LogP) is 5.13. The smallest absolute Gasteiger partial charge is 0.139 e. The van der Waals surface area contributed by atoms with Crippen LogP contribution in [0.1, 0.15) is 11.1 Å². The van der Waals surface area contributed by atoms with E-state index in [4.69, 9.17) is 4.98 Å². The number of benzene rings is 2. The van der Waals surface area contributed by atoms with E-state index in [2.05, 4.69) is 34.5 Å². The molecule has 0 unspecified atom stereocenters. The SMILES string of the molecule is Cc1cc(F)cc(-c2nc3ccccn3c2NCc2ccc(N(C)C)cc2)c1. The molecule has 5 heteroatoms. The van der Waals surface area contributed by atoms with Gasteiger partial charge in [0, 0.05) is 38.1 Å². The van der Waals surface area contributed by atoms with E-state index >= 15 is 0 Å². The molecule has 0 aliphatic heterocycles. The Morgan fingerprint density at radius 3 is 2.54 bits per heavy atom. The molecule has 2 heterocycles. The Kier molecular flexibility index (Phi) is 4.74. The highest BCUT2D eigenvalue weighted by molar-refractivity contribution is 5.77. The topological polar surface area (TPSA) is 32.6 Å². The molecule has 0 fully saturated rings. The van der Waals surface area contributed by atoms with E-state index in [0.29, 0.717) is 6.54 Å². The maximum atomic E-state index is 14.0. The second-order valence-corrected chi connectivity index (χ2v) is 7.17. The summed E-state index contributed by atoms with van der Waals surface area (Å²) in [6.45, 7) is 2.54. The molecule has 28 heavy (non-hydrogen) atoms. The summed E-state index contributed by atoms with van der Waals surface area (Å²) >= 11 is 0. The highest BCUT2D eigenvalue weighted by Gasteiger charge is 2.15. The van der Waals surface area contributed by atoms with Crippen LogP contribution in [0.15, 0.2) is 66.9 Å². The molecular weight excluding hydrogens is 351 g/mol. The van der Waals surface area contributed by atoms with Gasteiger partial charge in [-0.2, -0.15) is 0 Å². The Hall–Kier alpha value is -3.34. The summed E-state index contributed by atoms with van der Waals surface area (Å²) in [5.41, 5.74) is 5.54. The number of pyridine rings is 1. The van der Waals surface area contributed by atoms with E-state index in [-0.39, 0.29) is 5.82 Å². The molecule has 1 N–H and O–H groups in total. The van der Waals surface area contributed by atoms with Gasteiger partial charge in [0.05, 0.1) is 0 Å². The summed E-state index contributed by atoms with van der Waals surface area (Å²) in [7, 11) is 4.05. The van der Waals surface area contributed by atoms with Crippen molar-refractivity contribution < 1.29 is 4.39 Å². The van der Waals surface area contributed by atoms with Crippen LogP contribution in [0, 0.1) is 12.7 Å². The van der Waals surface area contributed by atoms with Gasteiger partial charge in [0.15, 0.2) is 0 Å². The number of hydrogen-bond acceptors (Lipinski definition) is 3. The van der Waals surface area contributed by atoms with Crippen LogP contribution in [0.25, 0.3) is 16.9 Å². The van der Waals surface area contributed by atoms with Gasteiger partial charge >= 0.3 is 0 Å². The second-order valence-electron chi connectivity index (χ2n) is 7.17. The van der Waals surface area contributed by atoms with Gasteiger partial charge in [-0.05, 0) is 60.5 Å². The van der Waals surface area contributed by atoms with Crippen LogP contribution in [0.5, 0.6) is 0 Å². The average Bonchev–Trinajstić information content (AvgIpc) is 3.04. The first-order valence-corrected chi connectivity index (χ1v) is 9.26. The first-order valence-electron chi connectivity index (χ1n) is 9.26. The molecule has 142 valence electrons. The maximum absolute atomic E-state index is 14.0. The Morgan fingerprint density at radius 2 is 1.82 bits per heavy atom. The van der Waals surface area contributed by atoms with Crippen LogP contribution >= 0.6 is 0 Å². The van der Waals surface area contributed by atoms with Crippen LogP contribution < -0.4 is 10.2 Å². The van der Waals surface area contributed by atoms with E-state index < -0.39 is 0 Å². The molecule has 0 saturated heterocycles. The number of fused-ring (bicyclic) bond motifs is 1. The van der Waals surface area contributed by atoms with Crippen LogP contribution in [0.4, 0.5) is 15.9 Å². The van der Waals surface area contributed by atoms with E-state index in [1.54, 1.807) is 0 Å². The second kappa shape index (κ2) is 7.35. The molecule has 0 aliphatic carbocycles. The lowest BCUT2D eigenvalue weighted by atomic mass is 10.1. The Labute approximate surface area is 164 Å². The van der Waals surface area contributed by atoms with Crippen molar-refractivity contribution in [3.05, 3.63) is 83.8 Å². The van der Waals surface area contributed by atoms with Gasteiger partial charge in [0.2, 0.25) is 0 Å². The summed E-state index contributed by atoms with van der Waals surface area (Å²) < 4.78 is 16.0. The number of halogens is 1. The molecule has 0 bridgehead atoms. The number of hydrogen-bond donors (Lipinski definition) is 1. The van der Waals surface area contributed by atoms with Gasteiger partial charge in [-0.25, -0.2) is 9.37 Å². The summed E-state index contributed by atoms with van der Waals surface area (Å²) in [5.74, 6) is 0.606. The quantitative estimate of drug-likeness (QED) is 0.526. The zero-order valence-electron chi connectivity index (χ0n) is 16.3. The fourth-order valence-corrected chi connectivity index (χ4v) is 3.34. The molecule has 0 radical (unpaired) electrons. The van der Waals surface area contributed by atoms with E-state index in [9.17, 15) is 4.39 Å². The first kappa shape index (κ1) is 18.0. The van der Waals surface area contributed by atoms with Crippen molar-refractivity contribution in [2.24, 2.45) is 0 Å². The van der Waals surface area contributed by atoms with Crippen molar-refractivity contribution in [3.63, 3.8) is 0 Å². The number of imidazole rings is 1. The monoisotopic (exact) mass is 374 g/mol. The molecule has 0 saturated carbocycles. The van der Waals surface area contributed by atoms with Gasteiger partial charge in [-0.15, -0.1) is 0 Å². The number of rotatable bonds is 5. The third kappa shape index (κ3) is 3.56. The molecule has 4 rings (SSSR count). The molecule has 0 aliphatic rings. The van der Waals surface area contributed by atoms with Gasteiger partial charge in [-0.1, -0.05) is 18.2 Å². The number of aromatic nitrogens is 2. The van der Waals surface area contributed by atoms with E-state index in [1.807, 2.05) is 55.9 Å². The van der Waals surface area contributed by atoms with Crippen LogP contribution in [0.3, 0.4) is 0 Å². The Balaban J connectivity index is 1.71. The lowest BCUT2D eigenvalue weighted by Crippen LogP contribution is -2.09. The van der Waals surface area contributed by atoms with Crippen molar-refractivity contribution >= 4 is 17.2 Å². The summed E-state index contributed by atoms with van der Waals surface area (Å²) in [6, 6.07) is 19.3. The lowest BCUT2D eigenvalue weighted by molar-refractivity contribution is 0.627. The van der Waals surface area contributed by atoms with Crippen LogP contribution in [-0.4, -0.2) is 23.5 Å². The maximum Gasteiger partial charge on any atom is 0.139 e. The van der Waals surface area contributed by atoms with Crippen molar-refractivity contribution in [1.82, 2.24) is 9.38 Å². The van der Waals surface area contributed by atoms with Gasteiger partial charge in [0.25, 0.3) is 0 Å². The van der Waals surface area contributed by atoms with E-state index in [1.165, 1.54) is 12.1 Å². The summed E-state index contributed by atoms with van der Waals surface area (Å²) in [4.78, 5) is 6.82. The average molecular weight is 374 g/mol. The standard InChI is InChI=1S/C23H23FN4/c1-16-12-18(14-19(24)13-16)22-23(28-11-5-4-6-21(28)26-22)25-15-17-7-9-20(10-8-17)27(2)3/h4-14,25H,15H2,1-3H3. The zero-order chi connectivity index (χ0) is 19.7. The minimum Gasteiger partial charge on any atom is -0.378 e. The third-order valence-corrected chi connectivity index (χ3v) is 4.76. The van der Waals surface area contributed by atoms with Gasteiger partial charge in [0.1, 0.15) is 23.0 Å². The van der Waals surface area contributed by atoms with Crippen molar-refractivity contribution in [1.29, 1.82) is 0 Å². The Morgan fingerprint density at radius 1 is 1.04 bits per heavy atom. The van der Waals surface area contributed by atoms with Crippen molar-refractivity contribution in [2.45, 2.75) is 13.5 Å². The molecule has 0 spiro atoms. The molecular formula is C23H23FN4. The van der Waals surface area contributed by atoms with Crippen LogP contribution in [-0.2, 0) is 6.54 Å². The van der Waals surface area contributed by atoms with Gasteiger partial charge < -0.3 is 10.2 Å². The van der Waals surface area contributed by atoms with Crippen molar-refractivity contribution in [3.8, 4) is 11.3 Å². The number of aryl methyl sites for hydroxylation is 1. The Bertz CT molecular complexity index is 1090.